The van der Waals surface area contributed by atoms with Crippen molar-refractivity contribution in [2.24, 2.45) is 0 Å². The van der Waals surface area contributed by atoms with Gasteiger partial charge in [-0.1, -0.05) is 28.9 Å². The Morgan fingerprint density at radius 2 is 2.00 bits per heavy atom. The molecule has 9 nitrogen and oxygen atoms in total. The molecule has 10 heteroatoms. The summed E-state index contributed by atoms with van der Waals surface area (Å²) in [6.45, 7) is 1.83. The van der Waals surface area contributed by atoms with Gasteiger partial charge in [0.1, 0.15) is 5.75 Å². The summed E-state index contributed by atoms with van der Waals surface area (Å²) in [5.74, 6) is 0.352. The third-order valence-corrected chi connectivity index (χ3v) is 6.25. The molecule has 0 saturated heterocycles. The second kappa shape index (κ2) is 8.64. The molecule has 1 amide bonds. The second-order valence-corrected chi connectivity index (χ2v) is 8.63. The van der Waals surface area contributed by atoms with E-state index in [1.54, 1.807) is 0 Å². The van der Waals surface area contributed by atoms with Gasteiger partial charge in [-0.3, -0.25) is 4.79 Å². The van der Waals surface area contributed by atoms with E-state index < -0.39 is 15.9 Å². The minimum atomic E-state index is -3.92. The first-order valence-corrected chi connectivity index (χ1v) is 10.5. The van der Waals surface area contributed by atoms with Crippen LogP contribution in [0.15, 0.2) is 51.9 Å². The topological polar surface area (TPSA) is 115 Å². The summed E-state index contributed by atoms with van der Waals surface area (Å²) in [5.41, 5.74) is 1.94. The first kappa shape index (κ1) is 21.5. The molecule has 0 aliphatic rings. The molecule has 0 atom stereocenters. The smallest absolute Gasteiger partial charge is 0.254 e. The van der Waals surface area contributed by atoms with Gasteiger partial charge in [0, 0.05) is 19.7 Å². The molecule has 0 radical (unpaired) electrons. The third-order valence-electron chi connectivity index (χ3n) is 4.45. The van der Waals surface area contributed by atoms with E-state index in [-0.39, 0.29) is 28.6 Å². The van der Waals surface area contributed by atoms with Gasteiger partial charge in [0.2, 0.25) is 21.7 Å². The number of benzene rings is 2. The lowest BCUT2D eigenvalue weighted by Gasteiger charge is -2.16. The molecule has 3 rings (SSSR count). The molecule has 0 aliphatic carbocycles. The largest absolute Gasteiger partial charge is 0.496 e. The fraction of sp³-hybridized carbons (Fsp3) is 0.250. The molecule has 2 aromatic carbocycles. The van der Waals surface area contributed by atoms with E-state index in [0.717, 1.165) is 15.4 Å². The summed E-state index contributed by atoms with van der Waals surface area (Å²) in [4.78, 5) is 16.3. The Morgan fingerprint density at radius 3 is 2.67 bits per heavy atom. The van der Waals surface area contributed by atoms with E-state index >= 15 is 0 Å². The van der Waals surface area contributed by atoms with Crippen molar-refractivity contribution in [1.82, 2.24) is 19.8 Å². The van der Waals surface area contributed by atoms with Gasteiger partial charge in [0.25, 0.3) is 5.91 Å². The van der Waals surface area contributed by atoms with Crippen molar-refractivity contribution in [3.63, 3.8) is 0 Å². The molecule has 1 heterocycles. The standard InChI is InChI=1S/C20H22N4O5S/c1-13-6-5-7-14(10-13)19-22-18(29-23-19)12-24(3)30(26,27)15-8-9-17(28-4)16(11-15)20(25)21-2/h5-11H,12H2,1-4H3,(H,21,25). The summed E-state index contributed by atoms with van der Waals surface area (Å²) >= 11 is 0. The summed E-state index contributed by atoms with van der Waals surface area (Å²) in [6.07, 6.45) is 0. The minimum Gasteiger partial charge on any atom is -0.496 e. The summed E-state index contributed by atoms with van der Waals surface area (Å²) in [5, 5.41) is 6.39. The number of carbonyl (C=O) groups is 1. The van der Waals surface area contributed by atoms with Crippen LogP contribution >= 0.6 is 0 Å². The van der Waals surface area contributed by atoms with E-state index in [0.29, 0.717) is 5.82 Å². The number of rotatable bonds is 7. The quantitative estimate of drug-likeness (QED) is 0.611. The van der Waals surface area contributed by atoms with Crippen molar-refractivity contribution in [2.45, 2.75) is 18.4 Å². The van der Waals surface area contributed by atoms with Crippen molar-refractivity contribution in [2.75, 3.05) is 21.2 Å². The Hall–Kier alpha value is -3.24. The van der Waals surface area contributed by atoms with Gasteiger partial charge in [0.15, 0.2) is 0 Å². The number of ether oxygens (including phenoxy) is 1. The molecule has 3 aromatic rings. The molecule has 0 saturated carbocycles. The SMILES string of the molecule is CNC(=O)c1cc(S(=O)(=O)N(C)Cc2nc(-c3cccc(C)c3)no2)ccc1OC. The number of nitrogens with one attached hydrogen (secondary N) is 1. The molecule has 0 spiro atoms. The van der Waals surface area contributed by atoms with E-state index in [1.165, 1.54) is 39.4 Å². The number of aryl methyl sites for hydroxylation is 1. The Labute approximate surface area is 174 Å². The van der Waals surface area contributed by atoms with Gasteiger partial charge in [-0.25, -0.2) is 8.42 Å². The molecule has 0 aliphatic heterocycles. The van der Waals surface area contributed by atoms with Crippen LogP contribution in [0.25, 0.3) is 11.4 Å². The van der Waals surface area contributed by atoms with E-state index in [4.69, 9.17) is 9.26 Å². The van der Waals surface area contributed by atoms with Crippen LogP contribution in [0.1, 0.15) is 21.8 Å². The first-order valence-electron chi connectivity index (χ1n) is 9.02. The molecule has 0 unspecified atom stereocenters. The number of carbonyl (C=O) groups excluding carboxylic acids is 1. The highest BCUT2D eigenvalue weighted by atomic mass is 32.2. The Morgan fingerprint density at radius 1 is 1.23 bits per heavy atom. The summed E-state index contributed by atoms with van der Waals surface area (Å²) in [6, 6.07) is 11.7. The number of amides is 1. The molecule has 30 heavy (non-hydrogen) atoms. The zero-order chi connectivity index (χ0) is 21.9. The lowest BCUT2D eigenvalue weighted by Crippen LogP contribution is -2.27. The monoisotopic (exact) mass is 430 g/mol. The van der Waals surface area contributed by atoms with Crippen LogP contribution < -0.4 is 10.1 Å². The molecule has 158 valence electrons. The molecular formula is C20H22N4O5S. The van der Waals surface area contributed by atoms with Gasteiger partial charge in [-0.15, -0.1) is 0 Å². The van der Waals surface area contributed by atoms with Crippen molar-refractivity contribution >= 4 is 15.9 Å². The van der Waals surface area contributed by atoms with Gasteiger partial charge in [-0.05, 0) is 31.2 Å². The molecule has 0 bridgehead atoms. The number of methoxy groups -OCH3 is 1. The summed E-state index contributed by atoms with van der Waals surface area (Å²) < 4.78 is 37.4. The molecule has 1 aromatic heterocycles. The maximum atomic E-state index is 13.0. The van der Waals surface area contributed by atoms with Crippen LogP contribution in [0.4, 0.5) is 0 Å². The van der Waals surface area contributed by atoms with Crippen LogP contribution in [0, 0.1) is 6.92 Å². The average molecular weight is 430 g/mol. The third kappa shape index (κ3) is 4.34. The Bertz CT molecular complexity index is 1170. The van der Waals surface area contributed by atoms with E-state index in [1.807, 2.05) is 31.2 Å². The van der Waals surface area contributed by atoms with Crippen molar-refractivity contribution in [1.29, 1.82) is 0 Å². The number of nitrogens with zero attached hydrogens (tertiary/aromatic N) is 3. The highest BCUT2D eigenvalue weighted by Crippen LogP contribution is 2.25. The van der Waals surface area contributed by atoms with Crippen LogP contribution in [-0.4, -0.2) is 50.0 Å². The maximum absolute atomic E-state index is 13.0. The molecule has 1 N–H and O–H groups in total. The number of hydrogen-bond donors (Lipinski definition) is 1. The Balaban J connectivity index is 1.85. The number of aromatic nitrogens is 2. The molecule has 0 fully saturated rings. The van der Waals surface area contributed by atoms with Crippen molar-refractivity contribution in [3.05, 3.63) is 59.5 Å². The summed E-state index contributed by atoms with van der Waals surface area (Å²) in [7, 11) is 0.341. The van der Waals surface area contributed by atoms with Crippen LogP contribution in [0.2, 0.25) is 0 Å². The molecular weight excluding hydrogens is 408 g/mol. The van der Waals surface area contributed by atoms with Gasteiger partial charge >= 0.3 is 0 Å². The predicted octanol–water partition coefficient (Wildman–Crippen LogP) is 2.23. The van der Waals surface area contributed by atoms with Crippen LogP contribution in [-0.2, 0) is 16.6 Å². The van der Waals surface area contributed by atoms with E-state index in [9.17, 15) is 13.2 Å². The highest BCUT2D eigenvalue weighted by Gasteiger charge is 2.25. The lowest BCUT2D eigenvalue weighted by atomic mass is 10.1. The Kier molecular flexibility index (Phi) is 6.18. The lowest BCUT2D eigenvalue weighted by molar-refractivity contribution is 0.0960. The van der Waals surface area contributed by atoms with Crippen LogP contribution in [0.5, 0.6) is 5.75 Å². The predicted molar refractivity (Wildman–Crippen MR) is 110 cm³/mol. The number of sulfonamides is 1. The minimum absolute atomic E-state index is 0.0529. The fourth-order valence-electron chi connectivity index (χ4n) is 2.84. The van der Waals surface area contributed by atoms with Gasteiger partial charge < -0.3 is 14.6 Å². The normalized spacial score (nSPS) is 11.5. The van der Waals surface area contributed by atoms with Crippen molar-refractivity contribution in [3.8, 4) is 17.1 Å². The zero-order valence-corrected chi connectivity index (χ0v) is 17.9. The zero-order valence-electron chi connectivity index (χ0n) is 17.0. The van der Waals surface area contributed by atoms with Gasteiger partial charge in [-0.2, -0.15) is 9.29 Å². The van der Waals surface area contributed by atoms with Crippen molar-refractivity contribution < 1.29 is 22.5 Å². The van der Waals surface area contributed by atoms with Crippen LogP contribution in [0.3, 0.4) is 0 Å². The van der Waals surface area contributed by atoms with E-state index in [2.05, 4.69) is 15.5 Å². The second-order valence-electron chi connectivity index (χ2n) is 6.58. The van der Waals surface area contributed by atoms with Gasteiger partial charge in [0.05, 0.1) is 24.1 Å². The average Bonchev–Trinajstić information content (AvgIpc) is 3.21. The number of hydrogen-bond acceptors (Lipinski definition) is 7. The highest BCUT2D eigenvalue weighted by molar-refractivity contribution is 7.89. The fourth-order valence-corrected chi connectivity index (χ4v) is 3.98. The maximum Gasteiger partial charge on any atom is 0.254 e. The first-order chi connectivity index (χ1) is 14.3.